The van der Waals surface area contributed by atoms with E-state index in [2.05, 4.69) is 10.3 Å². The van der Waals surface area contributed by atoms with Crippen molar-refractivity contribution in [3.8, 4) is 5.75 Å². The van der Waals surface area contributed by atoms with Crippen LogP contribution >= 0.6 is 0 Å². The van der Waals surface area contributed by atoms with Crippen molar-refractivity contribution in [3.63, 3.8) is 0 Å². The van der Waals surface area contributed by atoms with Gasteiger partial charge in [0.25, 0.3) is 5.56 Å². The Kier molecular flexibility index (Phi) is 3.48. The molecule has 0 amide bonds. The number of nitrogens with zero attached hydrogens (tertiary/aromatic N) is 2. The summed E-state index contributed by atoms with van der Waals surface area (Å²) in [6, 6.07) is 7.35. The summed E-state index contributed by atoms with van der Waals surface area (Å²) in [7, 11) is 1.71. The van der Waals surface area contributed by atoms with Crippen LogP contribution in [0.25, 0.3) is 10.9 Å². The van der Waals surface area contributed by atoms with Gasteiger partial charge < -0.3 is 15.0 Å². The van der Waals surface area contributed by atoms with E-state index >= 15 is 0 Å². The first-order valence-corrected chi connectivity index (χ1v) is 7.30. The highest BCUT2D eigenvalue weighted by Crippen LogP contribution is 2.27. The molecule has 1 aromatic carbocycles. The standard InChI is InChI=1S/C17H19N3O2/c1-10-8-13(19-11(2)9-18-10)15-16(21)12-6-4-5-7-14(12)20(3)17(15)22/h4-8,11,18,21H,9H2,1-3H3/t11-/m1/s1. The summed E-state index contributed by atoms with van der Waals surface area (Å²) in [5.74, 6) is -0.00407. The van der Waals surface area contributed by atoms with Gasteiger partial charge in [-0.25, -0.2) is 0 Å². The van der Waals surface area contributed by atoms with Gasteiger partial charge in [-0.1, -0.05) is 12.1 Å². The minimum atomic E-state index is -0.242. The number of benzene rings is 1. The normalized spacial score (nSPS) is 18.4. The molecular weight excluding hydrogens is 278 g/mol. The predicted molar refractivity (Wildman–Crippen MR) is 88.6 cm³/mol. The van der Waals surface area contributed by atoms with E-state index in [-0.39, 0.29) is 22.9 Å². The van der Waals surface area contributed by atoms with E-state index < -0.39 is 0 Å². The zero-order chi connectivity index (χ0) is 15.9. The quantitative estimate of drug-likeness (QED) is 0.845. The van der Waals surface area contributed by atoms with Gasteiger partial charge in [-0.05, 0) is 32.1 Å². The Morgan fingerprint density at radius 2 is 2.09 bits per heavy atom. The van der Waals surface area contributed by atoms with Crippen molar-refractivity contribution >= 4 is 16.6 Å². The lowest BCUT2D eigenvalue weighted by atomic mass is 10.1. The zero-order valence-corrected chi connectivity index (χ0v) is 12.9. The Hall–Kier alpha value is -2.56. The second-order valence-corrected chi connectivity index (χ2v) is 5.68. The fourth-order valence-corrected chi connectivity index (χ4v) is 2.73. The summed E-state index contributed by atoms with van der Waals surface area (Å²) >= 11 is 0. The second kappa shape index (κ2) is 5.33. The third-order valence-corrected chi connectivity index (χ3v) is 3.92. The van der Waals surface area contributed by atoms with Gasteiger partial charge in [0, 0.05) is 24.7 Å². The van der Waals surface area contributed by atoms with Crippen molar-refractivity contribution in [2.24, 2.45) is 12.0 Å². The van der Waals surface area contributed by atoms with Crippen molar-refractivity contribution in [2.45, 2.75) is 19.9 Å². The van der Waals surface area contributed by atoms with Gasteiger partial charge in [-0.15, -0.1) is 0 Å². The summed E-state index contributed by atoms with van der Waals surface area (Å²) in [6.07, 6.45) is 1.81. The van der Waals surface area contributed by atoms with Crippen LogP contribution < -0.4 is 10.9 Å². The average molecular weight is 297 g/mol. The van der Waals surface area contributed by atoms with Gasteiger partial charge in [0.1, 0.15) is 11.3 Å². The van der Waals surface area contributed by atoms with Crippen molar-refractivity contribution in [1.29, 1.82) is 0 Å². The summed E-state index contributed by atoms with van der Waals surface area (Å²) in [4.78, 5) is 17.3. The molecule has 2 N–H and O–H groups in total. The topological polar surface area (TPSA) is 66.6 Å². The van der Waals surface area contributed by atoms with Gasteiger partial charge in [0.05, 0.1) is 17.3 Å². The Morgan fingerprint density at radius 1 is 1.36 bits per heavy atom. The van der Waals surface area contributed by atoms with Gasteiger partial charge in [0.2, 0.25) is 0 Å². The molecule has 2 aromatic rings. The van der Waals surface area contributed by atoms with E-state index in [0.717, 1.165) is 5.70 Å². The lowest BCUT2D eigenvalue weighted by Crippen LogP contribution is -2.25. The Balaban J connectivity index is 2.36. The molecule has 0 fully saturated rings. The first-order valence-electron chi connectivity index (χ1n) is 7.30. The highest BCUT2D eigenvalue weighted by molar-refractivity contribution is 6.13. The largest absolute Gasteiger partial charge is 0.506 e. The highest BCUT2D eigenvalue weighted by atomic mass is 16.3. The monoisotopic (exact) mass is 297 g/mol. The SMILES string of the molecule is CC1=CC(c2c(O)c3ccccc3n(C)c2=O)=N[C@H](C)CN1. The van der Waals surface area contributed by atoms with E-state index in [1.807, 2.05) is 44.2 Å². The maximum Gasteiger partial charge on any atom is 0.264 e. The van der Waals surface area contributed by atoms with Crippen LogP contribution in [0.15, 0.2) is 45.8 Å². The van der Waals surface area contributed by atoms with E-state index in [0.29, 0.717) is 23.2 Å². The lowest BCUT2D eigenvalue weighted by molar-refractivity contribution is 0.478. The number of pyridine rings is 1. The number of aromatic nitrogens is 1. The van der Waals surface area contributed by atoms with Crippen LogP contribution in [0.5, 0.6) is 5.75 Å². The van der Waals surface area contributed by atoms with E-state index in [4.69, 9.17) is 0 Å². The van der Waals surface area contributed by atoms with Crippen molar-refractivity contribution < 1.29 is 5.11 Å². The highest BCUT2D eigenvalue weighted by Gasteiger charge is 2.20. The number of nitrogens with one attached hydrogen (secondary N) is 1. The third kappa shape index (κ3) is 2.28. The maximum absolute atomic E-state index is 12.7. The van der Waals surface area contributed by atoms with Crippen LogP contribution in [0.2, 0.25) is 0 Å². The molecule has 0 saturated carbocycles. The van der Waals surface area contributed by atoms with Crippen LogP contribution in [0.1, 0.15) is 19.4 Å². The fourth-order valence-electron chi connectivity index (χ4n) is 2.73. The summed E-state index contributed by atoms with van der Waals surface area (Å²) < 4.78 is 1.55. The molecule has 0 radical (unpaired) electrons. The van der Waals surface area contributed by atoms with E-state index in [9.17, 15) is 9.90 Å². The molecule has 5 heteroatoms. The average Bonchev–Trinajstić information content (AvgIpc) is 2.66. The van der Waals surface area contributed by atoms with Crippen LogP contribution in [0, 0.1) is 0 Å². The molecule has 1 atom stereocenters. The number of para-hydroxylation sites is 1. The molecule has 0 bridgehead atoms. The molecular formula is C17H19N3O2. The first kappa shape index (κ1) is 14.4. The molecule has 1 aliphatic rings. The molecule has 0 spiro atoms. The number of aryl methyl sites for hydroxylation is 1. The number of rotatable bonds is 1. The van der Waals surface area contributed by atoms with Crippen molar-refractivity contribution in [3.05, 3.63) is 52.0 Å². The number of aromatic hydroxyl groups is 1. The first-order chi connectivity index (χ1) is 10.5. The Morgan fingerprint density at radius 3 is 2.86 bits per heavy atom. The summed E-state index contributed by atoms with van der Waals surface area (Å²) in [5.41, 5.74) is 2.18. The smallest absolute Gasteiger partial charge is 0.264 e. The van der Waals surface area contributed by atoms with Crippen molar-refractivity contribution in [2.75, 3.05) is 6.54 Å². The third-order valence-electron chi connectivity index (χ3n) is 3.92. The minimum absolute atomic E-state index is 0.00407. The molecule has 5 nitrogen and oxygen atoms in total. The molecule has 0 saturated heterocycles. The Labute approximate surface area is 128 Å². The Bertz CT molecular complexity index is 862. The van der Waals surface area contributed by atoms with Gasteiger partial charge >= 0.3 is 0 Å². The number of fused-ring (bicyclic) bond motifs is 1. The molecule has 22 heavy (non-hydrogen) atoms. The van der Waals surface area contributed by atoms with Crippen LogP contribution in [-0.2, 0) is 7.05 Å². The molecule has 1 aromatic heterocycles. The van der Waals surface area contributed by atoms with Crippen LogP contribution in [0.3, 0.4) is 0 Å². The van der Waals surface area contributed by atoms with Gasteiger partial charge in [0.15, 0.2) is 0 Å². The van der Waals surface area contributed by atoms with Crippen LogP contribution in [-0.4, -0.2) is 28.0 Å². The van der Waals surface area contributed by atoms with E-state index in [1.54, 1.807) is 11.6 Å². The molecule has 3 rings (SSSR count). The zero-order valence-electron chi connectivity index (χ0n) is 12.9. The molecule has 114 valence electrons. The predicted octanol–water partition coefficient (Wildman–Crippen LogP) is 1.93. The number of allylic oxidation sites excluding steroid dienone is 2. The summed E-state index contributed by atoms with van der Waals surface area (Å²) in [5, 5.41) is 14.5. The van der Waals surface area contributed by atoms with Gasteiger partial charge in [-0.3, -0.25) is 9.79 Å². The fraction of sp³-hybridized carbons (Fsp3) is 0.294. The molecule has 0 aliphatic carbocycles. The van der Waals surface area contributed by atoms with Crippen LogP contribution in [0.4, 0.5) is 0 Å². The van der Waals surface area contributed by atoms with E-state index in [1.165, 1.54) is 0 Å². The number of hydrogen-bond acceptors (Lipinski definition) is 4. The minimum Gasteiger partial charge on any atom is -0.506 e. The number of aliphatic imine (C=N–C) groups is 1. The lowest BCUT2D eigenvalue weighted by Gasteiger charge is -2.12. The molecule has 0 unspecified atom stereocenters. The second-order valence-electron chi connectivity index (χ2n) is 5.68. The van der Waals surface area contributed by atoms with Gasteiger partial charge in [-0.2, -0.15) is 0 Å². The molecule has 1 aliphatic heterocycles. The molecule has 2 heterocycles. The summed E-state index contributed by atoms with van der Waals surface area (Å²) in [6.45, 7) is 4.61. The maximum atomic E-state index is 12.7. The number of hydrogen-bond donors (Lipinski definition) is 2. The van der Waals surface area contributed by atoms with Crippen molar-refractivity contribution in [1.82, 2.24) is 9.88 Å².